The van der Waals surface area contributed by atoms with E-state index in [0.717, 1.165) is 15.7 Å². The Morgan fingerprint density at radius 3 is 2.62 bits per heavy atom. The third kappa shape index (κ3) is 5.42. The predicted molar refractivity (Wildman–Crippen MR) is 105 cm³/mol. The van der Waals surface area contributed by atoms with Gasteiger partial charge in [-0.05, 0) is 36.2 Å². The normalized spacial score (nSPS) is 11.9. The minimum absolute atomic E-state index is 0.148. The van der Waals surface area contributed by atoms with Gasteiger partial charge in [-0.1, -0.05) is 58.0 Å². The number of aromatic nitrogens is 2. The molecule has 1 aromatic heterocycles. The number of halogens is 1. The van der Waals surface area contributed by atoms with Gasteiger partial charge in [0.2, 0.25) is 11.8 Å². The molecule has 2 aromatic carbocycles. The van der Waals surface area contributed by atoms with Gasteiger partial charge in [0.15, 0.2) is 0 Å². The fraction of sp³-hybridized carbons (Fsp3) is 0.167. The quantitative estimate of drug-likeness (QED) is 0.551. The average molecular weight is 433 g/mol. The average Bonchev–Trinajstić information content (AvgIpc) is 3.12. The number of nitrogens with two attached hydrogens (primary N) is 1. The summed E-state index contributed by atoms with van der Waals surface area (Å²) >= 11 is 4.53. The lowest BCUT2D eigenvalue weighted by molar-refractivity contribution is -0.113. The summed E-state index contributed by atoms with van der Waals surface area (Å²) in [7, 11) is 0. The summed E-state index contributed by atoms with van der Waals surface area (Å²) in [5.74, 6) is 0.390. The number of amides is 1. The summed E-state index contributed by atoms with van der Waals surface area (Å²) in [5, 5.41) is 11.1. The second kappa shape index (κ2) is 8.98. The van der Waals surface area contributed by atoms with E-state index in [1.165, 1.54) is 11.8 Å². The van der Waals surface area contributed by atoms with Gasteiger partial charge in [0.05, 0.1) is 11.8 Å². The third-order valence-electron chi connectivity index (χ3n) is 3.49. The lowest BCUT2D eigenvalue weighted by atomic mass is 10.1. The van der Waals surface area contributed by atoms with E-state index in [9.17, 15) is 4.79 Å². The lowest BCUT2D eigenvalue weighted by Gasteiger charge is -2.06. The molecule has 1 heterocycles. The summed E-state index contributed by atoms with van der Waals surface area (Å²) in [5.41, 5.74) is 7.95. The predicted octanol–water partition coefficient (Wildman–Crippen LogP) is 3.81. The molecule has 0 aliphatic heterocycles. The van der Waals surface area contributed by atoms with Gasteiger partial charge >= 0.3 is 0 Å². The summed E-state index contributed by atoms with van der Waals surface area (Å²) in [6.07, 6.45) is 0.608. The number of hydrogen-bond donors (Lipinski definition) is 2. The summed E-state index contributed by atoms with van der Waals surface area (Å²) < 4.78 is 6.52. The van der Waals surface area contributed by atoms with Crippen LogP contribution >= 0.6 is 27.7 Å². The smallest absolute Gasteiger partial charge is 0.277 e. The number of anilines is 1. The van der Waals surface area contributed by atoms with Crippen molar-refractivity contribution in [2.45, 2.75) is 17.7 Å². The van der Waals surface area contributed by atoms with Crippen molar-refractivity contribution < 1.29 is 9.21 Å². The Hall–Kier alpha value is -2.16. The van der Waals surface area contributed by atoms with Gasteiger partial charge in [0, 0.05) is 10.2 Å². The number of thioether (sulfide) groups is 1. The zero-order chi connectivity index (χ0) is 18.4. The molecular formula is C18H17BrN4O2S. The lowest BCUT2D eigenvalue weighted by Crippen LogP contribution is -2.14. The van der Waals surface area contributed by atoms with Gasteiger partial charge in [0.1, 0.15) is 0 Å². The Bertz CT molecular complexity index is 855. The molecule has 3 N–H and O–H groups in total. The topological polar surface area (TPSA) is 94.0 Å². The van der Waals surface area contributed by atoms with E-state index in [2.05, 4.69) is 31.4 Å². The third-order valence-corrected chi connectivity index (χ3v) is 4.84. The maximum absolute atomic E-state index is 12.0. The number of benzene rings is 2. The van der Waals surface area contributed by atoms with Crippen molar-refractivity contribution in [1.29, 1.82) is 0 Å². The largest absolute Gasteiger partial charge is 0.414 e. The molecule has 0 bridgehead atoms. The van der Waals surface area contributed by atoms with E-state index in [0.29, 0.717) is 17.5 Å². The van der Waals surface area contributed by atoms with Crippen LogP contribution in [0.1, 0.15) is 17.5 Å². The maximum atomic E-state index is 12.0. The second-order valence-electron chi connectivity index (χ2n) is 5.55. The number of carbonyl (C=O) groups is 1. The van der Waals surface area contributed by atoms with Gasteiger partial charge < -0.3 is 15.5 Å². The van der Waals surface area contributed by atoms with Crippen molar-refractivity contribution in [1.82, 2.24) is 10.2 Å². The van der Waals surface area contributed by atoms with E-state index >= 15 is 0 Å². The Balaban J connectivity index is 1.50. The van der Waals surface area contributed by atoms with Crippen molar-refractivity contribution in [3.63, 3.8) is 0 Å². The van der Waals surface area contributed by atoms with Gasteiger partial charge in [0.25, 0.3) is 5.22 Å². The molecule has 3 aromatic rings. The van der Waals surface area contributed by atoms with Crippen LogP contribution in [0.5, 0.6) is 0 Å². The summed E-state index contributed by atoms with van der Waals surface area (Å²) in [6, 6.07) is 16.9. The van der Waals surface area contributed by atoms with Crippen molar-refractivity contribution in [3.05, 3.63) is 70.5 Å². The van der Waals surface area contributed by atoms with Gasteiger partial charge in [-0.3, -0.25) is 4.79 Å². The Labute approximate surface area is 163 Å². The highest BCUT2D eigenvalue weighted by atomic mass is 79.9. The van der Waals surface area contributed by atoms with Crippen LogP contribution in [0.15, 0.2) is 68.7 Å². The first-order valence-electron chi connectivity index (χ1n) is 7.91. The number of hydrogen-bond acceptors (Lipinski definition) is 6. The zero-order valence-corrected chi connectivity index (χ0v) is 16.2. The van der Waals surface area contributed by atoms with Crippen LogP contribution in [-0.4, -0.2) is 21.9 Å². The van der Waals surface area contributed by atoms with Gasteiger partial charge in [-0.2, -0.15) is 0 Å². The molecule has 0 unspecified atom stereocenters. The van der Waals surface area contributed by atoms with Crippen molar-refractivity contribution in [2.75, 3.05) is 11.1 Å². The molecule has 1 amide bonds. The second-order valence-corrected chi connectivity index (χ2v) is 7.39. The van der Waals surface area contributed by atoms with E-state index in [1.54, 1.807) is 0 Å². The zero-order valence-electron chi connectivity index (χ0n) is 13.8. The number of nitrogens with zero attached hydrogens (tertiary/aromatic N) is 2. The van der Waals surface area contributed by atoms with Crippen LogP contribution in [0.4, 0.5) is 5.69 Å². The fourth-order valence-electron chi connectivity index (χ4n) is 2.24. The maximum Gasteiger partial charge on any atom is 0.277 e. The fourth-order valence-corrected chi connectivity index (χ4v) is 3.08. The van der Waals surface area contributed by atoms with E-state index in [-0.39, 0.29) is 17.7 Å². The number of nitrogens with one attached hydrogen (secondary N) is 1. The van der Waals surface area contributed by atoms with Crippen LogP contribution < -0.4 is 11.1 Å². The molecule has 1 atom stereocenters. The monoisotopic (exact) mass is 432 g/mol. The molecular weight excluding hydrogens is 416 g/mol. The van der Waals surface area contributed by atoms with E-state index in [1.807, 2.05) is 54.6 Å². The minimum atomic E-state index is -0.379. The van der Waals surface area contributed by atoms with Crippen LogP contribution in [0.3, 0.4) is 0 Å². The highest BCUT2D eigenvalue weighted by Gasteiger charge is 2.16. The molecule has 0 saturated heterocycles. The summed E-state index contributed by atoms with van der Waals surface area (Å²) in [6.45, 7) is 0. The molecule has 3 rings (SSSR count). The molecule has 0 aliphatic rings. The minimum Gasteiger partial charge on any atom is -0.414 e. The van der Waals surface area contributed by atoms with Crippen molar-refractivity contribution in [2.24, 2.45) is 5.73 Å². The molecule has 26 heavy (non-hydrogen) atoms. The van der Waals surface area contributed by atoms with Crippen LogP contribution in [-0.2, 0) is 11.2 Å². The first kappa shape index (κ1) is 18.6. The van der Waals surface area contributed by atoms with E-state index < -0.39 is 0 Å². The highest BCUT2D eigenvalue weighted by Crippen LogP contribution is 2.21. The highest BCUT2D eigenvalue weighted by molar-refractivity contribution is 9.10. The Kier molecular flexibility index (Phi) is 6.43. The van der Waals surface area contributed by atoms with Gasteiger partial charge in [-0.15, -0.1) is 10.2 Å². The van der Waals surface area contributed by atoms with Gasteiger partial charge in [-0.25, -0.2) is 0 Å². The summed E-state index contributed by atoms with van der Waals surface area (Å²) in [4.78, 5) is 12.0. The van der Waals surface area contributed by atoms with Crippen LogP contribution in [0, 0.1) is 0 Å². The van der Waals surface area contributed by atoms with Crippen LogP contribution in [0.2, 0.25) is 0 Å². The first-order chi connectivity index (χ1) is 12.6. The molecule has 0 radical (unpaired) electrons. The molecule has 0 saturated carbocycles. The van der Waals surface area contributed by atoms with E-state index in [4.69, 9.17) is 10.2 Å². The Morgan fingerprint density at radius 1 is 1.15 bits per heavy atom. The van der Waals surface area contributed by atoms with Crippen LogP contribution in [0.25, 0.3) is 0 Å². The molecule has 6 nitrogen and oxygen atoms in total. The Morgan fingerprint density at radius 2 is 1.88 bits per heavy atom. The molecule has 134 valence electrons. The first-order valence-corrected chi connectivity index (χ1v) is 9.69. The SMILES string of the molecule is N[C@@H](Cc1ccccc1)c1nnc(SCC(=O)Nc2ccc(Br)cc2)o1. The molecule has 8 heteroatoms. The number of rotatable bonds is 7. The standard InChI is InChI=1S/C18H17BrN4O2S/c19-13-6-8-14(9-7-13)21-16(24)11-26-18-23-22-17(25-18)15(20)10-12-4-2-1-3-5-12/h1-9,15H,10-11,20H2,(H,21,24)/t15-/m0/s1. The molecule has 0 spiro atoms. The van der Waals surface area contributed by atoms with Crippen molar-refractivity contribution in [3.8, 4) is 0 Å². The molecule has 0 aliphatic carbocycles. The van der Waals surface area contributed by atoms with Crippen molar-refractivity contribution >= 4 is 39.3 Å². The molecule has 0 fully saturated rings. The number of carbonyl (C=O) groups excluding carboxylic acids is 1.